The van der Waals surface area contributed by atoms with Gasteiger partial charge in [0.1, 0.15) is 11.4 Å². The Kier molecular flexibility index (Phi) is 5.32. The lowest BCUT2D eigenvalue weighted by atomic mass is 9.97. The molecule has 5 aromatic carbocycles. The summed E-state index contributed by atoms with van der Waals surface area (Å²) in [5.41, 5.74) is 10.9. The monoisotopic (exact) mass is 527 g/mol. The Balaban J connectivity index is 1.47. The van der Waals surface area contributed by atoms with Crippen LogP contribution in [-0.2, 0) is 0 Å². The van der Waals surface area contributed by atoms with Crippen molar-refractivity contribution < 1.29 is 4.42 Å². The number of para-hydroxylation sites is 3. The van der Waals surface area contributed by atoms with Crippen LogP contribution in [0.1, 0.15) is 5.69 Å². The number of aryl methyl sites for hydroxylation is 1. The minimum absolute atomic E-state index is 0.645. The number of nitrogens with zero attached hydrogens (tertiary/aromatic N) is 3. The molecule has 0 aliphatic carbocycles. The number of aromatic nitrogens is 3. The minimum atomic E-state index is 0.645. The van der Waals surface area contributed by atoms with Crippen LogP contribution in [0.15, 0.2) is 138 Å². The molecule has 0 fully saturated rings. The van der Waals surface area contributed by atoms with Gasteiger partial charge in [0, 0.05) is 22.0 Å². The van der Waals surface area contributed by atoms with E-state index in [1.165, 1.54) is 5.56 Å². The van der Waals surface area contributed by atoms with E-state index in [1.54, 1.807) is 0 Å². The van der Waals surface area contributed by atoms with Crippen molar-refractivity contribution in [2.45, 2.75) is 6.92 Å². The van der Waals surface area contributed by atoms with Gasteiger partial charge in [-0.15, -0.1) is 0 Å². The molecule has 0 bridgehead atoms. The first-order chi connectivity index (χ1) is 20.2. The highest BCUT2D eigenvalue weighted by molar-refractivity contribution is 6.08. The summed E-state index contributed by atoms with van der Waals surface area (Å²) in [5, 5.41) is 2.04. The molecule has 0 aliphatic heterocycles. The highest BCUT2D eigenvalue weighted by atomic mass is 16.3. The number of hydrogen-bond donors (Lipinski definition) is 0. The molecule has 8 rings (SSSR count). The average Bonchev–Trinajstić information content (AvgIpc) is 3.59. The maximum Gasteiger partial charge on any atom is 0.227 e. The summed E-state index contributed by atoms with van der Waals surface area (Å²) in [4.78, 5) is 9.89. The van der Waals surface area contributed by atoms with E-state index < -0.39 is 0 Å². The Morgan fingerprint density at radius 1 is 0.561 bits per heavy atom. The third-order valence-electron chi connectivity index (χ3n) is 7.74. The van der Waals surface area contributed by atoms with Gasteiger partial charge in [-0.3, -0.25) is 4.57 Å². The van der Waals surface area contributed by atoms with Crippen molar-refractivity contribution in [3.63, 3.8) is 0 Å². The van der Waals surface area contributed by atoms with E-state index in [0.717, 1.165) is 66.8 Å². The summed E-state index contributed by atoms with van der Waals surface area (Å²) < 4.78 is 8.73. The molecule has 0 amide bonds. The van der Waals surface area contributed by atoms with E-state index in [2.05, 4.69) is 131 Å². The number of pyridine rings is 1. The van der Waals surface area contributed by atoms with Gasteiger partial charge in [-0.05, 0) is 60.0 Å². The van der Waals surface area contributed by atoms with Crippen LogP contribution in [0, 0.1) is 6.92 Å². The van der Waals surface area contributed by atoms with Crippen LogP contribution in [0.3, 0.4) is 0 Å². The topological polar surface area (TPSA) is 43.9 Å². The van der Waals surface area contributed by atoms with Gasteiger partial charge in [-0.25, -0.2) is 9.97 Å². The third-order valence-corrected chi connectivity index (χ3v) is 7.74. The Bertz CT molecular complexity index is 2210. The molecule has 0 saturated heterocycles. The molecule has 3 heterocycles. The lowest BCUT2D eigenvalue weighted by Crippen LogP contribution is -2.01. The van der Waals surface area contributed by atoms with Gasteiger partial charge in [0.25, 0.3) is 0 Å². The van der Waals surface area contributed by atoms with Crippen molar-refractivity contribution >= 4 is 33.1 Å². The second-order valence-electron chi connectivity index (χ2n) is 10.3. The van der Waals surface area contributed by atoms with Crippen molar-refractivity contribution in [1.29, 1.82) is 0 Å². The van der Waals surface area contributed by atoms with E-state index in [9.17, 15) is 0 Å². The van der Waals surface area contributed by atoms with Crippen molar-refractivity contribution in [2.75, 3.05) is 0 Å². The van der Waals surface area contributed by atoms with Gasteiger partial charge < -0.3 is 4.42 Å². The Hall–Kier alpha value is -5.48. The third kappa shape index (κ3) is 3.84. The lowest BCUT2D eigenvalue weighted by Gasteiger charge is -2.17. The molecule has 41 heavy (non-hydrogen) atoms. The van der Waals surface area contributed by atoms with Gasteiger partial charge in [0.05, 0.1) is 22.3 Å². The number of imidazole rings is 1. The first-order valence-corrected chi connectivity index (χ1v) is 13.8. The second-order valence-corrected chi connectivity index (χ2v) is 10.3. The van der Waals surface area contributed by atoms with Crippen LogP contribution in [0.4, 0.5) is 0 Å². The molecule has 0 atom stereocenters. The zero-order chi connectivity index (χ0) is 27.3. The summed E-state index contributed by atoms with van der Waals surface area (Å²) in [6, 6.07) is 46.5. The van der Waals surface area contributed by atoms with Crippen LogP contribution in [0.25, 0.3) is 72.4 Å². The first-order valence-electron chi connectivity index (χ1n) is 13.8. The normalized spacial score (nSPS) is 11.5. The summed E-state index contributed by atoms with van der Waals surface area (Å²) in [6.07, 6.45) is 0. The van der Waals surface area contributed by atoms with Gasteiger partial charge >= 0.3 is 0 Å². The van der Waals surface area contributed by atoms with E-state index in [-0.39, 0.29) is 0 Å². The van der Waals surface area contributed by atoms with Crippen LogP contribution in [0.5, 0.6) is 0 Å². The molecule has 0 radical (unpaired) electrons. The van der Waals surface area contributed by atoms with Crippen LogP contribution in [0.2, 0.25) is 0 Å². The highest BCUT2D eigenvalue weighted by Crippen LogP contribution is 2.40. The number of benzene rings is 5. The fourth-order valence-corrected chi connectivity index (χ4v) is 5.79. The average molecular weight is 528 g/mol. The highest BCUT2D eigenvalue weighted by Gasteiger charge is 2.22. The van der Waals surface area contributed by atoms with Crippen molar-refractivity contribution in [2.24, 2.45) is 0 Å². The lowest BCUT2D eigenvalue weighted by molar-refractivity contribution is 0.653. The first kappa shape index (κ1) is 23.4. The number of hydrogen-bond acceptors (Lipinski definition) is 3. The molecule has 3 aromatic heterocycles. The summed E-state index contributed by atoms with van der Waals surface area (Å²) in [7, 11) is 0. The molecule has 0 N–H and O–H groups in total. The molecule has 0 aliphatic rings. The van der Waals surface area contributed by atoms with E-state index in [0.29, 0.717) is 5.71 Å². The van der Waals surface area contributed by atoms with E-state index in [1.807, 2.05) is 19.1 Å². The van der Waals surface area contributed by atoms with Gasteiger partial charge in [0.15, 0.2) is 0 Å². The fraction of sp³-hybridized carbons (Fsp3) is 0.0270. The molecule has 0 spiro atoms. The SMILES string of the molecule is Cc1ccc2c(n1)oc1c(-c3nc4ccccc4n3-c3cc(-c4ccccc4)ccc3-c3ccccc3)cccc12. The predicted molar refractivity (Wildman–Crippen MR) is 167 cm³/mol. The molecule has 0 unspecified atom stereocenters. The van der Waals surface area contributed by atoms with Crippen molar-refractivity contribution in [1.82, 2.24) is 14.5 Å². The molecule has 8 aromatic rings. The summed E-state index contributed by atoms with van der Waals surface area (Å²) in [6.45, 7) is 1.98. The number of rotatable bonds is 4. The predicted octanol–water partition coefficient (Wildman–Crippen LogP) is 9.63. The van der Waals surface area contributed by atoms with Gasteiger partial charge in [0.2, 0.25) is 5.71 Å². The zero-order valence-electron chi connectivity index (χ0n) is 22.5. The van der Waals surface area contributed by atoms with Crippen LogP contribution < -0.4 is 0 Å². The van der Waals surface area contributed by atoms with Gasteiger partial charge in [-0.1, -0.05) is 97.1 Å². The Labute approximate surface area is 237 Å². The Morgan fingerprint density at radius 3 is 2.15 bits per heavy atom. The molecule has 0 saturated carbocycles. The number of fused-ring (bicyclic) bond motifs is 4. The van der Waals surface area contributed by atoms with Crippen molar-refractivity contribution in [3.05, 3.63) is 139 Å². The number of furan rings is 1. The maximum atomic E-state index is 6.45. The summed E-state index contributed by atoms with van der Waals surface area (Å²) in [5.74, 6) is 0.829. The fourth-order valence-electron chi connectivity index (χ4n) is 5.79. The van der Waals surface area contributed by atoms with Crippen LogP contribution >= 0.6 is 0 Å². The van der Waals surface area contributed by atoms with E-state index in [4.69, 9.17) is 9.40 Å². The Morgan fingerprint density at radius 2 is 1.32 bits per heavy atom. The molecule has 194 valence electrons. The quantitative estimate of drug-likeness (QED) is 0.229. The molecular formula is C37H25N3O. The van der Waals surface area contributed by atoms with Crippen LogP contribution in [-0.4, -0.2) is 14.5 Å². The zero-order valence-corrected chi connectivity index (χ0v) is 22.5. The summed E-state index contributed by atoms with van der Waals surface area (Å²) >= 11 is 0. The molecule has 4 heteroatoms. The standard InChI is InChI=1S/C37H25N3O/c1-24-19-21-30-29-15-10-16-31(35(29)41-37(30)38-24)36-39-32-17-8-9-18-33(32)40(36)34-23-27(25-11-4-2-5-12-25)20-22-28(34)26-13-6-3-7-14-26/h2-23H,1H3. The second kappa shape index (κ2) is 9.32. The molecule has 4 nitrogen and oxygen atoms in total. The largest absolute Gasteiger partial charge is 0.437 e. The maximum absolute atomic E-state index is 6.45. The smallest absolute Gasteiger partial charge is 0.227 e. The minimum Gasteiger partial charge on any atom is -0.437 e. The van der Waals surface area contributed by atoms with E-state index >= 15 is 0 Å². The van der Waals surface area contributed by atoms with Crippen molar-refractivity contribution in [3.8, 4) is 39.3 Å². The van der Waals surface area contributed by atoms with Gasteiger partial charge in [-0.2, -0.15) is 0 Å². The molecular weight excluding hydrogens is 502 g/mol.